The van der Waals surface area contributed by atoms with Gasteiger partial charge in [0.15, 0.2) is 0 Å². The van der Waals surface area contributed by atoms with Gasteiger partial charge in [-0.15, -0.1) is 5.10 Å². The van der Waals surface area contributed by atoms with Crippen molar-refractivity contribution in [1.29, 1.82) is 0 Å². The zero-order valence-corrected chi connectivity index (χ0v) is 31.8. The zero-order chi connectivity index (χ0) is 39.3. The number of carbonyl (C=O) groups excluding carboxylic acids is 4. The Balaban J connectivity index is 0.700. The predicted octanol–water partition coefficient (Wildman–Crippen LogP) is 5.89. The van der Waals surface area contributed by atoms with Crippen molar-refractivity contribution < 1.29 is 29.0 Å². The average Bonchev–Trinajstić information content (AvgIpc) is 3.93. The maximum atomic E-state index is 13.3. The molecule has 57 heavy (non-hydrogen) atoms. The smallest absolute Gasteiger partial charge is 0.266 e. The van der Waals surface area contributed by atoms with Gasteiger partial charge in [-0.05, 0) is 87.2 Å². The number of carbonyl (C=O) groups is 4. The second-order valence-corrected chi connectivity index (χ2v) is 15.0. The molecule has 2 aromatic carbocycles. The van der Waals surface area contributed by atoms with Gasteiger partial charge in [0, 0.05) is 31.3 Å². The molecule has 3 aliphatic rings. The van der Waals surface area contributed by atoms with Gasteiger partial charge in [0.1, 0.15) is 17.5 Å². The number of rotatable bonds is 16. The van der Waals surface area contributed by atoms with Crippen LogP contribution in [0.5, 0.6) is 11.5 Å². The highest BCUT2D eigenvalue weighted by molar-refractivity contribution is 6.24. The molecule has 2 saturated heterocycles. The number of likely N-dealkylation sites (tertiary alicyclic amines) is 1. The number of amides is 4. The van der Waals surface area contributed by atoms with Crippen LogP contribution in [-0.4, -0.2) is 95.2 Å². The van der Waals surface area contributed by atoms with E-state index in [1.54, 1.807) is 36.5 Å². The molecule has 3 N–H and O–H groups in total. The third-order valence-electron chi connectivity index (χ3n) is 11.2. The van der Waals surface area contributed by atoms with Crippen LogP contribution in [0.3, 0.4) is 0 Å². The molecule has 8 rings (SSSR count). The Labute approximate surface area is 330 Å². The van der Waals surface area contributed by atoms with E-state index >= 15 is 0 Å². The molecule has 4 amide bonds. The van der Waals surface area contributed by atoms with Crippen LogP contribution in [0.15, 0.2) is 73.2 Å². The SMILES string of the molecule is O=C1CCC(N2C(=O)c3cccc(OCCCCCCCCCN4CCC(n5cc(Nc6ncc7ccc(-c8ccc(O)cc8)n7n6)cn5)CC4)c3C2=O)C(=O)N1. The zero-order valence-electron chi connectivity index (χ0n) is 31.8. The lowest BCUT2D eigenvalue weighted by molar-refractivity contribution is -0.136. The van der Waals surface area contributed by atoms with E-state index in [0.717, 1.165) is 85.5 Å². The molecule has 0 radical (unpaired) electrons. The van der Waals surface area contributed by atoms with Gasteiger partial charge >= 0.3 is 0 Å². The van der Waals surface area contributed by atoms with E-state index in [-0.39, 0.29) is 29.7 Å². The molecule has 6 heterocycles. The first kappa shape index (κ1) is 37.8. The van der Waals surface area contributed by atoms with Crippen molar-refractivity contribution in [2.45, 2.75) is 82.7 Å². The highest BCUT2D eigenvalue weighted by atomic mass is 16.5. The number of phenols is 1. The lowest BCUT2D eigenvalue weighted by atomic mass is 10.0. The van der Waals surface area contributed by atoms with Gasteiger partial charge < -0.3 is 20.1 Å². The molecule has 1 atom stereocenters. The molecule has 5 aromatic rings. The second kappa shape index (κ2) is 17.0. The lowest BCUT2D eigenvalue weighted by Gasteiger charge is -2.32. The monoisotopic (exact) mass is 773 g/mol. The number of piperidine rings is 2. The Kier molecular flexibility index (Phi) is 11.2. The quantitative estimate of drug-likeness (QED) is 0.0805. The number of phenolic OH excluding ortho intramolecular Hbond substituents is 1. The molecule has 2 fully saturated rings. The van der Waals surface area contributed by atoms with E-state index in [9.17, 15) is 24.3 Å². The van der Waals surface area contributed by atoms with Crippen LogP contribution in [0, 0.1) is 0 Å². The minimum absolute atomic E-state index is 0.0822. The third-order valence-corrected chi connectivity index (χ3v) is 11.2. The molecule has 0 spiro atoms. The summed E-state index contributed by atoms with van der Waals surface area (Å²) in [5, 5.41) is 24.6. The molecule has 1 unspecified atom stereocenters. The number of nitrogens with zero attached hydrogens (tertiary/aromatic N) is 7. The molecule has 3 aliphatic heterocycles. The second-order valence-electron chi connectivity index (χ2n) is 15.0. The van der Waals surface area contributed by atoms with Crippen molar-refractivity contribution in [2.75, 3.05) is 31.6 Å². The summed E-state index contributed by atoms with van der Waals surface area (Å²) in [6, 6.07) is 15.3. The summed E-state index contributed by atoms with van der Waals surface area (Å²) in [6.07, 6.45) is 15.7. The summed E-state index contributed by atoms with van der Waals surface area (Å²) in [5.74, 6) is -1.04. The van der Waals surface area contributed by atoms with E-state index < -0.39 is 29.7 Å². The van der Waals surface area contributed by atoms with E-state index in [1.807, 2.05) is 41.2 Å². The minimum atomic E-state index is -0.995. The van der Waals surface area contributed by atoms with E-state index in [4.69, 9.17) is 9.84 Å². The molecule has 296 valence electrons. The third kappa shape index (κ3) is 8.38. The summed E-state index contributed by atoms with van der Waals surface area (Å²) >= 11 is 0. The number of fused-ring (bicyclic) bond motifs is 2. The number of hydrogen-bond acceptors (Lipinski definition) is 11. The maximum Gasteiger partial charge on any atom is 0.266 e. The van der Waals surface area contributed by atoms with Crippen molar-refractivity contribution in [1.82, 2.24) is 39.5 Å². The number of anilines is 2. The summed E-state index contributed by atoms with van der Waals surface area (Å²) in [5.41, 5.74) is 4.01. The Hall–Kier alpha value is -6.09. The number of benzene rings is 2. The van der Waals surface area contributed by atoms with Crippen LogP contribution in [0.2, 0.25) is 0 Å². The van der Waals surface area contributed by atoms with Crippen molar-refractivity contribution in [3.8, 4) is 22.8 Å². The van der Waals surface area contributed by atoms with Gasteiger partial charge in [0.05, 0.1) is 53.1 Å². The molecule has 0 bridgehead atoms. The van der Waals surface area contributed by atoms with Crippen molar-refractivity contribution >= 4 is 40.8 Å². The van der Waals surface area contributed by atoms with E-state index in [2.05, 4.69) is 30.3 Å². The lowest BCUT2D eigenvalue weighted by Crippen LogP contribution is -2.54. The Bertz CT molecular complexity index is 2260. The number of imide groups is 2. The summed E-state index contributed by atoms with van der Waals surface area (Å²) in [4.78, 5) is 58.3. The first-order valence-electron chi connectivity index (χ1n) is 20.0. The molecule has 15 heteroatoms. The van der Waals surface area contributed by atoms with Gasteiger partial charge in [-0.25, -0.2) is 9.50 Å². The highest BCUT2D eigenvalue weighted by Crippen LogP contribution is 2.34. The van der Waals surface area contributed by atoms with Gasteiger partial charge in [-0.1, -0.05) is 38.2 Å². The fraction of sp³-hybridized carbons (Fsp3) is 0.405. The van der Waals surface area contributed by atoms with Gasteiger partial charge in [-0.2, -0.15) is 5.10 Å². The number of aromatic hydroxyl groups is 1. The molecular weight excluding hydrogens is 727 g/mol. The van der Waals surface area contributed by atoms with Crippen LogP contribution >= 0.6 is 0 Å². The van der Waals surface area contributed by atoms with Gasteiger partial charge in [-0.3, -0.25) is 34.1 Å². The number of ether oxygens (including phenoxy) is 1. The first-order valence-corrected chi connectivity index (χ1v) is 20.0. The summed E-state index contributed by atoms with van der Waals surface area (Å²) < 4.78 is 9.87. The van der Waals surface area contributed by atoms with Gasteiger partial charge in [0.2, 0.25) is 17.8 Å². The standard InChI is InChI=1S/C42H47N9O6/c52-32-14-11-28(12-15-32)34-16-13-31-26-43-42(47-51(31)34)45-29-25-44-49(27-29)30-19-22-48(23-20-30)21-6-4-2-1-3-5-7-24-57-36-10-8-9-33-38(36)41(56)50(40(33)55)35-17-18-37(53)46-39(35)54/h8-16,25-27,30,35,52H,1-7,17-24H2,(H,45,47)(H,46,53,54). The van der Waals surface area contributed by atoms with Crippen molar-refractivity contribution in [3.63, 3.8) is 0 Å². The molecular formula is C42H47N9O6. The Morgan fingerprint density at radius 1 is 0.842 bits per heavy atom. The predicted molar refractivity (Wildman–Crippen MR) is 211 cm³/mol. The number of aromatic nitrogens is 5. The fourth-order valence-electron chi connectivity index (χ4n) is 8.06. The van der Waals surface area contributed by atoms with Crippen molar-refractivity contribution in [2.24, 2.45) is 0 Å². The minimum Gasteiger partial charge on any atom is -0.508 e. The fourth-order valence-corrected chi connectivity index (χ4v) is 8.06. The molecule has 0 saturated carbocycles. The van der Waals surface area contributed by atoms with E-state index in [1.165, 1.54) is 19.3 Å². The van der Waals surface area contributed by atoms with E-state index in [0.29, 0.717) is 24.3 Å². The number of unbranched alkanes of at least 4 members (excludes halogenated alkanes) is 6. The summed E-state index contributed by atoms with van der Waals surface area (Å²) in [6.45, 7) is 3.66. The molecule has 15 nitrogen and oxygen atoms in total. The normalized spacial score (nSPS) is 17.7. The number of hydrogen-bond donors (Lipinski definition) is 3. The number of nitrogens with one attached hydrogen (secondary N) is 2. The van der Waals surface area contributed by atoms with Crippen molar-refractivity contribution in [3.05, 3.63) is 84.3 Å². The maximum absolute atomic E-state index is 13.3. The first-order chi connectivity index (χ1) is 27.8. The Morgan fingerprint density at radius 3 is 2.40 bits per heavy atom. The molecule has 3 aromatic heterocycles. The highest BCUT2D eigenvalue weighted by Gasteiger charge is 2.46. The van der Waals surface area contributed by atoms with Crippen LogP contribution < -0.4 is 15.4 Å². The molecule has 0 aliphatic carbocycles. The topological polar surface area (TPSA) is 176 Å². The largest absolute Gasteiger partial charge is 0.508 e. The Morgan fingerprint density at radius 2 is 1.61 bits per heavy atom. The van der Waals surface area contributed by atoms with Gasteiger partial charge in [0.25, 0.3) is 11.8 Å². The van der Waals surface area contributed by atoms with Crippen LogP contribution in [0.1, 0.15) is 97.4 Å². The summed E-state index contributed by atoms with van der Waals surface area (Å²) in [7, 11) is 0. The average molecular weight is 774 g/mol. The van der Waals surface area contributed by atoms with Crippen LogP contribution in [0.25, 0.3) is 16.8 Å². The van der Waals surface area contributed by atoms with Crippen LogP contribution in [0.4, 0.5) is 11.6 Å². The van der Waals surface area contributed by atoms with Crippen LogP contribution in [-0.2, 0) is 9.59 Å².